The second-order valence-electron chi connectivity index (χ2n) is 4.85. The fourth-order valence-electron chi connectivity index (χ4n) is 2.19. The topological polar surface area (TPSA) is 83.1 Å². The number of ether oxygens (including phenoxy) is 2. The maximum atomic E-state index is 11.6. The van der Waals surface area contributed by atoms with E-state index < -0.39 is 6.10 Å². The summed E-state index contributed by atoms with van der Waals surface area (Å²) in [7, 11) is 1.58. The van der Waals surface area contributed by atoms with E-state index in [1.807, 2.05) is 0 Å². The average molecular weight is 289 g/mol. The van der Waals surface area contributed by atoms with Crippen LogP contribution in [0.25, 0.3) is 0 Å². The lowest BCUT2D eigenvalue weighted by atomic mass is 10.1. The molecule has 1 aliphatic heterocycles. The quantitative estimate of drug-likeness (QED) is 0.520. The van der Waals surface area contributed by atoms with Crippen molar-refractivity contribution in [2.24, 2.45) is 0 Å². The van der Waals surface area contributed by atoms with Crippen LogP contribution in [0.5, 0.6) is 0 Å². The molecule has 20 heavy (non-hydrogen) atoms. The summed E-state index contributed by atoms with van der Waals surface area (Å²) in [6.45, 7) is 7.89. The summed E-state index contributed by atoms with van der Waals surface area (Å²) < 4.78 is 10.4. The SMILES string of the molecule is CCN(CC)C[C@@H]1OC[C@@H](NC(=O)NCCOC)[C@H]1O. The Morgan fingerprint density at radius 2 is 2.15 bits per heavy atom. The summed E-state index contributed by atoms with van der Waals surface area (Å²) in [5.74, 6) is 0. The highest BCUT2D eigenvalue weighted by Gasteiger charge is 2.37. The van der Waals surface area contributed by atoms with Gasteiger partial charge in [-0.25, -0.2) is 4.79 Å². The predicted molar refractivity (Wildman–Crippen MR) is 75.7 cm³/mol. The molecule has 3 N–H and O–H groups in total. The van der Waals surface area contributed by atoms with Crippen molar-refractivity contribution in [3.63, 3.8) is 0 Å². The van der Waals surface area contributed by atoms with Gasteiger partial charge in [0.2, 0.25) is 0 Å². The second-order valence-corrected chi connectivity index (χ2v) is 4.85. The number of urea groups is 1. The third-order valence-electron chi connectivity index (χ3n) is 3.52. The van der Waals surface area contributed by atoms with E-state index in [1.165, 1.54) is 0 Å². The van der Waals surface area contributed by atoms with E-state index in [0.717, 1.165) is 13.1 Å². The Kier molecular flexibility index (Phi) is 7.83. The molecular weight excluding hydrogens is 262 g/mol. The molecule has 0 spiro atoms. The standard InChI is InChI=1S/C13H27N3O4/c1-4-16(5-2)8-11-12(17)10(9-20-11)15-13(18)14-6-7-19-3/h10-12,17H,4-9H2,1-3H3,(H2,14,15,18)/t10-,11+,12-/m1/s1. The van der Waals surface area contributed by atoms with Crippen molar-refractivity contribution in [1.82, 2.24) is 15.5 Å². The first-order valence-electron chi connectivity index (χ1n) is 7.17. The number of likely N-dealkylation sites (N-methyl/N-ethyl adjacent to an activating group) is 1. The maximum absolute atomic E-state index is 11.6. The Bertz CT molecular complexity index is 287. The molecule has 0 aromatic heterocycles. The normalized spacial score (nSPS) is 25.9. The molecule has 1 aliphatic rings. The summed E-state index contributed by atoms with van der Waals surface area (Å²) >= 11 is 0. The molecule has 118 valence electrons. The van der Waals surface area contributed by atoms with Gasteiger partial charge in [0, 0.05) is 20.2 Å². The lowest BCUT2D eigenvalue weighted by Crippen LogP contribution is -2.50. The van der Waals surface area contributed by atoms with Crippen molar-refractivity contribution in [1.29, 1.82) is 0 Å². The van der Waals surface area contributed by atoms with E-state index in [2.05, 4.69) is 29.4 Å². The van der Waals surface area contributed by atoms with E-state index in [1.54, 1.807) is 7.11 Å². The fourth-order valence-corrected chi connectivity index (χ4v) is 2.19. The largest absolute Gasteiger partial charge is 0.388 e. The van der Waals surface area contributed by atoms with Crippen LogP contribution in [0.2, 0.25) is 0 Å². The lowest BCUT2D eigenvalue weighted by molar-refractivity contribution is 0.0173. The molecule has 3 atom stereocenters. The van der Waals surface area contributed by atoms with Crippen LogP contribution in [0.1, 0.15) is 13.8 Å². The molecule has 0 bridgehead atoms. The van der Waals surface area contributed by atoms with Gasteiger partial charge in [0.25, 0.3) is 0 Å². The van der Waals surface area contributed by atoms with Gasteiger partial charge < -0.3 is 30.1 Å². The highest BCUT2D eigenvalue weighted by molar-refractivity contribution is 5.74. The van der Waals surface area contributed by atoms with Crippen LogP contribution in [-0.2, 0) is 9.47 Å². The minimum Gasteiger partial charge on any atom is -0.388 e. The molecular formula is C13H27N3O4. The first kappa shape index (κ1) is 17.2. The molecule has 1 saturated heterocycles. The third-order valence-corrected chi connectivity index (χ3v) is 3.52. The van der Waals surface area contributed by atoms with Gasteiger partial charge in [0.05, 0.1) is 25.4 Å². The molecule has 0 saturated carbocycles. The second kappa shape index (κ2) is 9.12. The van der Waals surface area contributed by atoms with Crippen LogP contribution in [0.4, 0.5) is 4.79 Å². The Hall–Kier alpha value is -0.890. The number of hydrogen-bond acceptors (Lipinski definition) is 5. The Morgan fingerprint density at radius 3 is 2.75 bits per heavy atom. The number of carbonyl (C=O) groups is 1. The minimum atomic E-state index is -0.677. The molecule has 7 heteroatoms. The van der Waals surface area contributed by atoms with Crippen LogP contribution >= 0.6 is 0 Å². The number of rotatable bonds is 8. The van der Waals surface area contributed by atoms with Crippen LogP contribution in [0, 0.1) is 0 Å². The number of methoxy groups -OCH3 is 1. The number of nitrogens with zero attached hydrogens (tertiary/aromatic N) is 1. The minimum absolute atomic E-state index is 0.251. The smallest absolute Gasteiger partial charge is 0.315 e. The van der Waals surface area contributed by atoms with E-state index >= 15 is 0 Å². The fraction of sp³-hybridized carbons (Fsp3) is 0.923. The van der Waals surface area contributed by atoms with Crippen molar-refractivity contribution >= 4 is 6.03 Å². The number of amides is 2. The molecule has 7 nitrogen and oxygen atoms in total. The van der Waals surface area contributed by atoms with Gasteiger partial charge in [0.15, 0.2) is 0 Å². The summed E-state index contributed by atoms with van der Waals surface area (Å²) in [5.41, 5.74) is 0. The molecule has 0 aromatic carbocycles. The molecule has 1 fully saturated rings. The Labute approximate surface area is 120 Å². The monoisotopic (exact) mass is 289 g/mol. The molecule has 2 amide bonds. The van der Waals surface area contributed by atoms with E-state index in [-0.39, 0.29) is 18.2 Å². The van der Waals surface area contributed by atoms with Crippen LogP contribution in [-0.4, -0.2) is 80.8 Å². The molecule has 0 aliphatic carbocycles. The third kappa shape index (κ3) is 5.24. The molecule has 0 unspecified atom stereocenters. The van der Waals surface area contributed by atoms with Crippen LogP contribution < -0.4 is 10.6 Å². The first-order valence-corrected chi connectivity index (χ1v) is 7.17. The average Bonchev–Trinajstić information content (AvgIpc) is 2.77. The Morgan fingerprint density at radius 1 is 1.45 bits per heavy atom. The van der Waals surface area contributed by atoms with Gasteiger partial charge in [-0.1, -0.05) is 13.8 Å². The van der Waals surface area contributed by atoms with Gasteiger partial charge in [-0.15, -0.1) is 0 Å². The zero-order valence-corrected chi connectivity index (χ0v) is 12.6. The van der Waals surface area contributed by atoms with Gasteiger partial charge >= 0.3 is 6.03 Å². The number of nitrogens with one attached hydrogen (secondary N) is 2. The van der Waals surface area contributed by atoms with Crippen LogP contribution in [0.3, 0.4) is 0 Å². The van der Waals surface area contributed by atoms with Gasteiger partial charge in [-0.05, 0) is 13.1 Å². The van der Waals surface area contributed by atoms with Crippen molar-refractivity contribution in [3.05, 3.63) is 0 Å². The summed E-state index contributed by atoms with van der Waals surface area (Å²) in [4.78, 5) is 13.8. The summed E-state index contributed by atoms with van der Waals surface area (Å²) in [5, 5.41) is 15.6. The van der Waals surface area contributed by atoms with Crippen molar-refractivity contribution in [2.45, 2.75) is 32.1 Å². The number of hydrogen-bond donors (Lipinski definition) is 3. The van der Waals surface area contributed by atoms with Crippen molar-refractivity contribution in [2.75, 3.05) is 46.5 Å². The Balaban J connectivity index is 2.33. The highest BCUT2D eigenvalue weighted by Crippen LogP contribution is 2.15. The van der Waals surface area contributed by atoms with E-state index in [9.17, 15) is 9.90 Å². The van der Waals surface area contributed by atoms with Crippen molar-refractivity contribution < 1.29 is 19.4 Å². The summed E-state index contributed by atoms with van der Waals surface area (Å²) in [6.07, 6.45) is -0.928. The number of carbonyl (C=O) groups excluding carboxylic acids is 1. The predicted octanol–water partition coefficient (Wildman–Crippen LogP) is -0.598. The zero-order chi connectivity index (χ0) is 15.0. The number of aliphatic hydroxyl groups excluding tert-OH is 1. The molecule has 0 aromatic rings. The van der Waals surface area contributed by atoms with E-state index in [0.29, 0.717) is 26.3 Å². The lowest BCUT2D eigenvalue weighted by Gasteiger charge is -2.24. The molecule has 0 radical (unpaired) electrons. The van der Waals surface area contributed by atoms with Gasteiger partial charge in [-0.2, -0.15) is 0 Å². The molecule has 1 heterocycles. The highest BCUT2D eigenvalue weighted by atomic mass is 16.5. The van der Waals surface area contributed by atoms with Gasteiger partial charge in [-0.3, -0.25) is 0 Å². The summed E-state index contributed by atoms with van der Waals surface area (Å²) in [6, 6.07) is -0.670. The molecule has 1 rings (SSSR count). The van der Waals surface area contributed by atoms with E-state index in [4.69, 9.17) is 9.47 Å². The van der Waals surface area contributed by atoms with Gasteiger partial charge in [0.1, 0.15) is 6.10 Å². The zero-order valence-electron chi connectivity index (χ0n) is 12.6. The first-order chi connectivity index (χ1) is 9.62. The van der Waals surface area contributed by atoms with Crippen LogP contribution in [0.15, 0.2) is 0 Å². The van der Waals surface area contributed by atoms with Crippen molar-refractivity contribution in [3.8, 4) is 0 Å². The number of aliphatic hydroxyl groups is 1. The maximum Gasteiger partial charge on any atom is 0.315 e.